The normalized spacial score (nSPS) is 14.0. The second-order valence-corrected chi connectivity index (χ2v) is 7.15. The molecule has 0 bridgehead atoms. The average Bonchev–Trinajstić information content (AvgIpc) is 3.01. The standard InChI is InChI=1S/C17H18N2O2S2/c20-16(6-8-18-17(21)13-7-11-22-12-13)19-9-3-10-23-15-5-2-1-4-14(15)19/h1-2,4-5,7,11-12H,3,6,8-10H2,(H,18,21). The van der Waals surface area contributed by atoms with Gasteiger partial charge in [-0.1, -0.05) is 12.1 Å². The first kappa shape index (κ1) is 16.1. The van der Waals surface area contributed by atoms with E-state index >= 15 is 0 Å². The molecular weight excluding hydrogens is 328 g/mol. The summed E-state index contributed by atoms with van der Waals surface area (Å²) in [6.45, 7) is 1.10. The number of carbonyl (C=O) groups excluding carboxylic acids is 2. The quantitative estimate of drug-likeness (QED) is 0.923. The number of fused-ring (bicyclic) bond motifs is 1. The number of hydrogen-bond donors (Lipinski definition) is 1. The van der Waals surface area contributed by atoms with Crippen molar-refractivity contribution in [2.45, 2.75) is 17.7 Å². The summed E-state index contributed by atoms with van der Waals surface area (Å²) in [4.78, 5) is 27.4. The lowest BCUT2D eigenvalue weighted by atomic mass is 10.2. The molecule has 1 N–H and O–H groups in total. The Hall–Kier alpha value is -1.79. The van der Waals surface area contributed by atoms with Gasteiger partial charge >= 0.3 is 0 Å². The number of para-hydroxylation sites is 1. The number of thiophene rings is 1. The molecule has 1 aliphatic heterocycles. The van der Waals surface area contributed by atoms with E-state index < -0.39 is 0 Å². The number of carbonyl (C=O) groups is 2. The molecule has 0 radical (unpaired) electrons. The SMILES string of the molecule is O=C(NCCC(=O)N1CCCSc2ccccc21)c1ccsc1. The summed E-state index contributed by atoms with van der Waals surface area (Å²) in [5.74, 6) is 0.965. The summed E-state index contributed by atoms with van der Waals surface area (Å²) in [5, 5.41) is 6.48. The van der Waals surface area contributed by atoms with Crippen LogP contribution in [0.4, 0.5) is 5.69 Å². The fraction of sp³-hybridized carbons (Fsp3) is 0.294. The Labute approximate surface area is 143 Å². The maximum atomic E-state index is 12.5. The van der Waals surface area contributed by atoms with Crippen LogP contribution in [-0.4, -0.2) is 30.7 Å². The Morgan fingerprint density at radius 2 is 2.09 bits per heavy atom. The van der Waals surface area contributed by atoms with E-state index in [2.05, 4.69) is 11.4 Å². The molecule has 1 aromatic heterocycles. The van der Waals surface area contributed by atoms with Gasteiger partial charge in [0.2, 0.25) is 5.91 Å². The third-order valence-corrected chi connectivity index (χ3v) is 5.48. The van der Waals surface area contributed by atoms with Crippen LogP contribution in [0.15, 0.2) is 46.0 Å². The van der Waals surface area contributed by atoms with E-state index in [9.17, 15) is 9.59 Å². The summed E-state index contributed by atoms with van der Waals surface area (Å²) < 4.78 is 0. The topological polar surface area (TPSA) is 49.4 Å². The molecule has 2 aromatic rings. The minimum Gasteiger partial charge on any atom is -0.351 e. The largest absolute Gasteiger partial charge is 0.351 e. The third-order valence-electron chi connectivity index (χ3n) is 3.65. The molecule has 23 heavy (non-hydrogen) atoms. The highest BCUT2D eigenvalue weighted by Gasteiger charge is 2.21. The molecule has 3 rings (SSSR count). The number of nitrogens with zero attached hydrogens (tertiary/aromatic N) is 1. The van der Waals surface area contributed by atoms with Gasteiger partial charge in [-0.25, -0.2) is 0 Å². The zero-order valence-electron chi connectivity index (χ0n) is 12.7. The van der Waals surface area contributed by atoms with Gasteiger partial charge in [0, 0.05) is 35.3 Å². The molecule has 4 nitrogen and oxygen atoms in total. The van der Waals surface area contributed by atoms with Gasteiger partial charge in [0.15, 0.2) is 0 Å². The summed E-state index contributed by atoms with van der Waals surface area (Å²) in [7, 11) is 0. The Balaban J connectivity index is 1.59. The molecule has 6 heteroatoms. The second-order valence-electron chi connectivity index (χ2n) is 5.23. The first-order valence-corrected chi connectivity index (χ1v) is 9.51. The Morgan fingerprint density at radius 1 is 1.22 bits per heavy atom. The molecule has 0 aliphatic carbocycles. The molecule has 2 heterocycles. The fourth-order valence-corrected chi connectivity index (χ4v) is 4.13. The highest BCUT2D eigenvalue weighted by molar-refractivity contribution is 7.99. The molecule has 0 saturated carbocycles. The van der Waals surface area contributed by atoms with E-state index in [0.29, 0.717) is 18.5 Å². The maximum absolute atomic E-state index is 12.5. The first-order valence-electron chi connectivity index (χ1n) is 7.58. The average molecular weight is 346 g/mol. The van der Waals surface area contributed by atoms with Crippen molar-refractivity contribution in [3.63, 3.8) is 0 Å². The number of nitrogens with one attached hydrogen (secondary N) is 1. The van der Waals surface area contributed by atoms with Gasteiger partial charge in [-0.2, -0.15) is 11.3 Å². The van der Waals surface area contributed by atoms with Crippen LogP contribution in [0.1, 0.15) is 23.2 Å². The van der Waals surface area contributed by atoms with Crippen LogP contribution in [0.2, 0.25) is 0 Å². The monoisotopic (exact) mass is 346 g/mol. The molecule has 0 unspecified atom stereocenters. The lowest BCUT2D eigenvalue weighted by molar-refractivity contribution is -0.118. The number of amides is 2. The Kier molecular flexibility index (Phi) is 5.35. The van der Waals surface area contributed by atoms with E-state index in [-0.39, 0.29) is 11.8 Å². The highest BCUT2D eigenvalue weighted by atomic mass is 32.2. The lowest BCUT2D eigenvalue weighted by Gasteiger charge is -2.22. The molecule has 1 aromatic carbocycles. The maximum Gasteiger partial charge on any atom is 0.252 e. The Bertz CT molecular complexity index is 686. The number of hydrogen-bond acceptors (Lipinski definition) is 4. The number of thioether (sulfide) groups is 1. The van der Waals surface area contributed by atoms with E-state index in [1.165, 1.54) is 11.3 Å². The van der Waals surface area contributed by atoms with Gasteiger partial charge in [-0.15, -0.1) is 11.8 Å². The Morgan fingerprint density at radius 3 is 2.91 bits per heavy atom. The summed E-state index contributed by atoms with van der Waals surface area (Å²) in [6, 6.07) is 9.80. The molecule has 1 aliphatic rings. The fourth-order valence-electron chi connectivity index (χ4n) is 2.50. The predicted molar refractivity (Wildman–Crippen MR) is 95.4 cm³/mol. The van der Waals surface area contributed by atoms with Crippen LogP contribution in [0.3, 0.4) is 0 Å². The van der Waals surface area contributed by atoms with E-state index in [0.717, 1.165) is 29.3 Å². The highest BCUT2D eigenvalue weighted by Crippen LogP contribution is 2.33. The van der Waals surface area contributed by atoms with E-state index in [1.807, 2.05) is 28.5 Å². The molecule has 0 atom stereocenters. The third kappa shape index (κ3) is 3.95. The van der Waals surface area contributed by atoms with Gasteiger partial charge in [0.25, 0.3) is 5.91 Å². The van der Waals surface area contributed by atoms with Crippen LogP contribution < -0.4 is 10.2 Å². The van der Waals surface area contributed by atoms with Gasteiger partial charge in [-0.3, -0.25) is 9.59 Å². The molecule has 0 saturated heterocycles. The van der Waals surface area contributed by atoms with Gasteiger partial charge < -0.3 is 10.2 Å². The van der Waals surface area contributed by atoms with Crippen molar-refractivity contribution < 1.29 is 9.59 Å². The van der Waals surface area contributed by atoms with Crippen molar-refractivity contribution in [2.24, 2.45) is 0 Å². The van der Waals surface area contributed by atoms with Crippen molar-refractivity contribution in [1.29, 1.82) is 0 Å². The predicted octanol–water partition coefficient (Wildman–Crippen LogP) is 3.40. The van der Waals surface area contributed by atoms with Gasteiger partial charge in [0.1, 0.15) is 0 Å². The summed E-state index contributed by atoms with van der Waals surface area (Å²) >= 11 is 3.28. The molecule has 0 fully saturated rings. The van der Waals surface area contributed by atoms with Crippen molar-refractivity contribution in [2.75, 3.05) is 23.7 Å². The molecule has 2 amide bonds. The molecule has 120 valence electrons. The van der Waals surface area contributed by atoms with E-state index in [1.54, 1.807) is 23.2 Å². The number of benzene rings is 1. The van der Waals surface area contributed by atoms with E-state index in [4.69, 9.17) is 0 Å². The van der Waals surface area contributed by atoms with Crippen LogP contribution in [-0.2, 0) is 4.79 Å². The van der Waals surface area contributed by atoms with Crippen molar-refractivity contribution in [1.82, 2.24) is 5.32 Å². The van der Waals surface area contributed by atoms with Crippen LogP contribution in [0.5, 0.6) is 0 Å². The van der Waals surface area contributed by atoms with Gasteiger partial charge in [-0.05, 0) is 35.8 Å². The van der Waals surface area contributed by atoms with Crippen molar-refractivity contribution in [3.8, 4) is 0 Å². The van der Waals surface area contributed by atoms with Crippen LogP contribution >= 0.6 is 23.1 Å². The second kappa shape index (κ2) is 7.66. The van der Waals surface area contributed by atoms with Crippen molar-refractivity contribution in [3.05, 3.63) is 46.7 Å². The first-order chi connectivity index (χ1) is 11.3. The summed E-state index contributed by atoms with van der Waals surface area (Å²) in [6.07, 6.45) is 1.29. The summed E-state index contributed by atoms with van der Waals surface area (Å²) in [5.41, 5.74) is 1.64. The molecular formula is C17H18N2O2S2. The molecule has 0 spiro atoms. The van der Waals surface area contributed by atoms with Crippen molar-refractivity contribution >= 4 is 40.6 Å². The van der Waals surface area contributed by atoms with Crippen LogP contribution in [0, 0.1) is 0 Å². The number of rotatable bonds is 4. The van der Waals surface area contributed by atoms with Crippen LogP contribution in [0.25, 0.3) is 0 Å². The smallest absolute Gasteiger partial charge is 0.252 e. The zero-order chi connectivity index (χ0) is 16.1. The lowest BCUT2D eigenvalue weighted by Crippen LogP contribution is -2.35. The zero-order valence-corrected chi connectivity index (χ0v) is 14.3. The minimum atomic E-state index is -0.120. The number of anilines is 1. The van der Waals surface area contributed by atoms with Gasteiger partial charge in [0.05, 0.1) is 5.69 Å². The minimum absolute atomic E-state index is 0.0607.